The summed E-state index contributed by atoms with van der Waals surface area (Å²) >= 11 is 0. The van der Waals surface area contributed by atoms with E-state index in [1.54, 1.807) is 6.33 Å². The average Bonchev–Trinajstić information content (AvgIpc) is 2.98. The van der Waals surface area contributed by atoms with Crippen LogP contribution in [-0.2, 0) is 11.3 Å². The number of carbonyl (C=O) groups excluding carboxylic acids is 1. The van der Waals surface area contributed by atoms with E-state index in [1.807, 2.05) is 4.68 Å². The Morgan fingerprint density at radius 1 is 1.38 bits per heavy atom. The Bertz CT molecular complexity index is 492. The van der Waals surface area contributed by atoms with E-state index in [1.165, 1.54) is 19.3 Å². The van der Waals surface area contributed by atoms with Crippen molar-refractivity contribution in [1.29, 1.82) is 0 Å². The van der Waals surface area contributed by atoms with Crippen molar-refractivity contribution in [2.24, 2.45) is 11.1 Å². The maximum atomic E-state index is 12.5. The van der Waals surface area contributed by atoms with Gasteiger partial charge in [-0.15, -0.1) is 0 Å². The summed E-state index contributed by atoms with van der Waals surface area (Å²) in [5.74, 6) is 1.00. The number of nitrogens with two attached hydrogens (primary N) is 1. The van der Waals surface area contributed by atoms with Crippen molar-refractivity contribution < 1.29 is 4.79 Å². The number of fused-ring (bicyclic) bond motifs is 1. The van der Waals surface area contributed by atoms with Crippen molar-refractivity contribution in [1.82, 2.24) is 20.1 Å². The Hall–Kier alpha value is -1.43. The van der Waals surface area contributed by atoms with Gasteiger partial charge in [0.15, 0.2) is 0 Å². The summed E-state index contributed by atoms with van der Waals surface area (Å²) in [5.41, 5.74) is 5.99. The van der Waals surface area contributed by atoms with Crippen molar-refractivity contribution >= 4 is 5.91 Å². The molecule has 0 spiro atoms. The summed E-state index contributed by atoms with van der Waals surface area (Å²) in [6.45, 7) is 1.51. The molecule has 1 aliphatic carbocycles. The molecule has 1 fully saturated rings. The highest BCUT2D eigenvalue weighted by molar-refractivity contribution is 5.77. The largest absolute Gasteiger partial charge is 0.346 e. The lowest BCUT2D eigenvalue weighted by atomic mass is 9.71. The average molecular weight is 291 g/mol. The second kappa shape index (κ2) is 6.13. The normalized spacial score (nSPS) is 24.3. The molecule has 0 bridgehead atoms. The van der Waals surface area contributed by atoms with Crippen LogP contribution < -0.4 is 11.1 Å². The highest BCUT2D eigenvalue weighted by Gasteiger charge is 2.34. The van der Waals surface area contributed by atoms with Gasteiger partial charge in [-0.3, -0.25) is 4.79 Å². The number of nitrogens with zero attached hydrogens (tertiary/aromatic N) is 3. The van der Waals surface area contributed by atoms with Crippen LogP contribution in [0, 0.1) is 5.41 Å². The fourth-order valence-corrected chi connectivity index (χ4v) is 3.77. The Labute approximate surface area is 125 Å². The van der Waals surface area contributed by atoms with Gasteiger partial charge in [0.2, 0.25) is 5.91 Å². The van der Waals surface area contributed by atoms with Gasteiger partial charge in [-0.25, -0.2) is 9.67 Å². The van der Waals surface area contributed by atoms with Gasteiger partial charge in [0, 0.05) is 13.0 Å². The SMILES string of the molecule is NCC1(CC(=O)NC2CCCn3ncnc32)CCCCC1. The predicted molar refractivity (Wildman–Crippen MR) is 79.3 cm³/mol. The Balaban J connectivity index is 1.62. The molecule has 1 aromatic heterocycles. The third-order valence-corrected chi connectivity index (χ3v) is 5.04. The molecule has 0 saturated heterocycles. The van der Waals surface area contributed by atoms with Crippen LogP contribution in [0.2, 0.25) is 0 Å². The molecule has 1 aromatic rings. The fourth-order valence-electron chi connectivity index (χ4n) is 3.77. The summed E-state index contributed by atoms with van der Waals surface area (Å²) < 4.78 is 1.90. The van der Waals surface area contributed by atoms with E-state index in [-0.39, 0.29) is 17.4 Å². The molecule has 21 heavy (non-hydrogen) atoms. The summed E-state index contributed by atoms with van der Waals surface area (Å²) in [6, 6.07) is 0.00663. The standard InChI is InChI=1S/C15H25N5O/c16-10-15(6-2-1-3-7-15)9-13(21)19-12-5-4-8-20-14(12)17-11-18-20/h11-12H,1-10,16H2,(H,19,21). The number of hydrogen-bond donors (Lipinski definition) is 2. The number of amides is 1. The molecule has 1 atom stereocenters. The van der Waals surface area contributed by atoms with E-state index in [4.69, 9.17) is 5.73 Å². The predicted octanol–water partition coefficient (Wildman–Crippen LogP) is 1.53. The molecular weight excluding hydrogens is 266 g/mol. The molecule has 116 valence electrons. The maximum absolute atomic E-state index is 12.5. The van der Waals surface area contributed by atoms with Crippen molar-refractivity contribution in [3.63, 3.8) is 0 Å². The Kier molecular flexibility index (Phi) is 4.24. The molecule has 3 rings (SSSR count). The lowest BCUT2D eigenvalue weighted by molar-refractivity contribution is -0.124. The van der Waals surface area contributed by atoms with E-state index in [0.29, 0.717) is 13.0 Å². The molecule has 2 heterocycles. The topological polar surface area (TPSA) is 85.8 Å². The van der Waals surface area contributed by atoms with E-state index in [0.717, 1.165) is 38.1 Å². The first-order valence-electron chi connectivity index (χ1n) is 8.10. The lowest BCUT2D eigenvalue weighted by Crippen LogP contribution is -2.40. The summed E-state index contributed by atoms with van der Waals surface area (Å²) in [4.78, 5) is 16.7. The third kappa shape index (κ3) is 3.10. The molecule has 6 heteroatoms. The molecule has 6 nitrogen and oxygen atoms in total. The minimum Gasteiger partial charge on any atom is -0.346 e. The Morgan fingerprint density at radius 3 is 2.95 bits per heavy atom. The van der Waals surface area contributed by atoms with Crippen molar-refractivity contribution in [3.05, 3.63) is 12.2 Å². The van der Waals surface area contributed by atoms with Gasteiger partial charge in [-0.05, 0) is 37.6 Å². The van der Waals surface area contributed by atoms with Gasteiger partial charge in [0.25, 0.3) is 0 Å². The molecule has 2 aliphatic rings. The van der Waals surface area contributed by atoms with E-state index in [2.05, 4.69) is 15.4 Å². The number of rotatable bonds is 4. The summed E-state index contributed by atoms with van der Waals surface area (Å²) in [6.07, 6.45) is 9.93. The van der Waals surface area contributed by atoms with Gasteiger partial charge in [-0.1, -0.05) is 19.3 Å². The van der Waals surface area contributed by atoms with Crippen molar-refractivity contribution in [2.75, 3.05) is 6.54 Å². The summed E-state index contributed by atoms with van der Waals surface area (Å²) in [5, 5.41) is 7.34. The van der Waals surface area contributed by atoms with E-state index >= 15 is 0 Å². The number of hydrogen-bond acceptors (Lipinski definition) is 4. The molecule has 1 amide bonds. The number of aromatic nitrogens is 3. The smallest absolute Gasteiger partial charge is 0.221 e. The maximum Gasteiger partial charge on any atom is 0.221 e. The highest BCUT2D eigenvalue weighted by atomic mass is 16.1. The van der Waals surface area contributed by atoms with Gasteiger partial charge in [0.1, 0.15) is 12.2 Å². The zero-order valence-electron chi connectivity index (χ0n) is 12.6. The minimum atomic E-state index is 0.00663. The second-order valence-electron chi connectivity index (χ2n) is 6.55. The van der Waals surface area contributed by atoms with Crippen LogP contribution in [0.25, 0.3) is 0 Å². The van der Waals surface area contributed by atoms with Gasteiger partial charge >= 0.3 is 0 Å². The number of nitrogens with one attached hydrogen (secondary N) is 1. The molecule has 1 saturated carbocycles. The van der Waals surface area contributed by atoms with Crippen LogP contribution in [0.1, 0.15) is 63.2 Å². The molecule has 1 unspecified atom stereocenters. The van der Waals surface area contributed by atoms with Crippen LogP contribution >= 0.6 is 0 Å². The first-order valence-corrected chi connectivity index (χ1v) is 8.10. The second-order valence-corrected chi connectivity index (χ2v) is 6.55. The molecule has 1 aliphatic heterocycles. The minimum absolute atomic E-state index is 0.00663. The van der Waals surface area contributed by atoms with Crippen LogP contribution in [0.3, 0.4) is 0 Å². The first kappa shape index (κ1) is 14.5. The van der Waals surface area contributed by atoms with Crippen LogP contribution in [0.15, 0.2) is 6.33 Å². The Morgan fingerprint density at radius 2 is 2.19 bits per heavy atom. The van der Waals surface area contributed by atoms with Crippen LogP contribution in [-0.4, -0.2) is 27.2 Å². The van der Waals surface area contributed by atoms with Crippen molar-refractivity contribution in [3.8, 4) is 0 Å². The lowest BCUT2D eigenvalue weighted by Gasteiger charge is -2.36. The van der Waals surface area contributed by atoms with Crippen LogP contribution in [0.4, 0.5) is 0 Å². The quantitative estimate of drug-likeness (QED) is 0.881. The fraction of sp³-hybridized carbons (Fsp3) is 0.800. The summed E-state index contributed by atoms with van der Waals surface area (Å²) in [7, 11) is 0. The van der Waals surface area contributed by atoms with Gasteiger partial charge in [-0.2, -0.15) is 5.10 Å². The molecule has 0 radical (unpaired) electrons. The van der Waals surface area contributed by atoms with E-state index in [9.17, 15) is 4.79 Å². The molecule has 0 aromatic carbocycles. The zero-order chi connectivity index (χ0) is 14.7. The van der Waals surface area contributed by atoms with Gasteiger partial charge in [0.05, 0.1) is 6.04 Å². The zero-order valence-corrected chi connectivity index (χ0v) is 12.6. The third-order valence-electron chi connectivity index (χ3n) is 5.04. The number of carbonyl (C=O) groups is 1. The highest BCUT2D eigenvalue weighted by Crippen LogP contribution is 2.38. The molecular formula is C15H25N5O. The van der Waals surface area contributed by atoms with Crippen LogP contribution in [0.5, 0.6) is 0 Å². The van der Waals surface area contributed by atoms with Crippen molar-refractivity contribution in [2.45, 2.75) is 64.0 Å². The number of aryl methyl sites for hydroxylation is 1. The molecule has 3 N–H and O–H groups in total. The monoisotopic (exact) mass is 291 g/mol. The first-order chi connectivity index (χ1) is 10.2. The van der Waals surface area contributed by atoms with E-state index < -0.39 is 0 Å². The van der Waals surface area contributed by atoms with Gasteiger partial charge < -0.3 is 11.1 Å².